The van der Waals surface area contributed by atoms with E-state index in [0.717, 1.165) is 5.69 Å². The fourth-order valence-electron chi connectivity index (χ4n) is 3.11. The summed E-state index contributed by atoms with van der Waals surface area (Å²) in [4.78, 5) is 12.6. The SMILES string of the molecule is CC(C)c1ccc(NC(=O)[C@@H]2CCCN(S(=O)(=O)c3cccs3)C2)cc1. The van der Waals surface area contributed by atoms with Crippen molar-refractivity contribution < 1.29 is 13.2 Å². The monoisotopic (exact) mass is 392 g/mol. The molecule has 3 rings (SSSR count). The number of benzene rings is 1. The van der Waals surface area contributed by atoms with Crippen LogP contribution in [0, 0.1) is 5.92 Å². The minimum atomic E-state index is -3.50. The first-order valence-electron chi connectivity index (χ1n) is 8.82. The molecule has 5 nitrogen and oxygen atoms in total. The van der Waals surface area contributed by atoms with Crippen LogP contribution in [-0.2, 0) is 14.8 Å². The van der Waals surface area contributed by atoms with Crippen molar-refractivity contribution >= 4 is 33.0 Å². The maximum Gasteiger partial charge on any atom is 0.252 e. The number of nitrogens with one attached hydrogen (secondary N) is 1. The van der Waals surface area contributed by atoms with Crippen LogP contribution >= 0.6 is 11.3 Å². The number of sulfonamides is 1. The van der Waals surface area contributed by atoms with Crippen molar-refractivity contribution in [3.63, 3.8) is 0 Å². The summed E-state index contributed by atoms with van der Waals surface area (Å²) in [7, 11) is -3.50. The Bertz CT molecular complexity index is 843. The van der Waals surface area contributed by atoms with E-state index in [2.05, 4.69) is 19.2 Å². The van der Waals surface area contributed by atoms with Crippen LogP contribution in [0.1, 0.15) is 38.2 Å². The van der Waals surface area contributed by atoms with Gasteiger partial charge in [-0.25, -0.2) is 8.42 Å². The summed E-state index contributed by atoms with van der Waals surface area (Å²) in [6.07, 6.45) is 1.39. The summed E-state index contributed by atoms with van der Waals surface area (Å²) in [5.41, 5.74) is 1.96. The molecule has 1 aromatic carbocycles. The van der Waals surface area contributed by atoms with E-state index in [1.165, 1.54) is 21.2 Å². The van der Waals surface area contributed by atoms with Crippen molar-refractivity contribution in [3.05, 3.63) is 47.3 Å². The van der Waals surface area contributed by atoms with E-state index < -0.39 is 10.0 Å². The van der Waals surface area contributed by atoms with Gasteiger partial charge in [0.2, 0.25) is 5.91 Å². The van der Waals surface area contributed by atoms with Gasteiger partial charge in [0.25, 0.3) is 10.0 Å². The fourth-order valence-corrected chi connectivity index (χ4v) is 5.78. The number of anilines is 1. The highest BCUT2D eigenvalue weighted by atomic mass is 32.2. The van der Waals surface area contributed by atoms with Gasteiger partial charge in [-0.2, -0.15) is 4.31 Å². The predicted octanol–water partition coefficient (Wildman–Crippen LogP) is 3.91. The van der Waals surface area contributed by atoms with Crippen LogP contribution in [0.3, 0.4) is 0 Å². The van der Waals surface area contributed by atoms with Crippen LogP contribution in [-0.4, -0.2) is 31.7 Å². The topological polar surface area (TPSA) is 66.5 Å². The maximum absolute atomic E-state index is 12.7. The third-order valence-electron chi connectivity index (χ3n) is 4.69. The van der Waals surface area contributed by atoms with Gasteiger partial charge >= 0.3 is 0 Å². The normalized spacial score (nSPS) is 18.8. The summed E-state index contributed by atoms with van der Waals surface area (Å²) in [6, 6.07) is 11.2. The Kier molecular flexibility index (Phi) is 5.79. The van der Waals surface area contributed by atoms with Crippen LogP contribution in [0.15, 0.2) is 46.0 Å². The number of amides is 1. The van der Waals surface area contributed by atoms with E-state index in [-0.39, 0.29) is 18.4 Å². The molecule has 1 atom stereocenters. The number of thiophene rings is 1. The lowest BCUT2D eigenvalue weighted by molar-refractivity contribution is -0.120. The molecule has 1 fully saturated rings. The second kappa shape index (κ2) is 7.90. The lowest BCUT2D eigenvalue weighted by Gasteiger charge is -2.30. The Morgan fingerprint density at radius 2 is 1.96 bits per heavy atom. The molecule has 1 aliphatic heterocycles. The van der Waals surface area contributed by atoms with E-state index in [4.69, 9.17) is 0 Å². The van der Waals surface area contributed by atoms with Crippen molar-refractivity contribution in [2.24, 2.45) is 5.92 Å². The number of hydrogen-bond donors (Lipinski definition) is 1. The third-order valence-corrected chi connectivity index (χ3v) is 7.93. The summed E-state index contributed by atoms with van der Waals surface area (Å²) >= 11 is 1.21. The van der Waals surface area contributed by atoms with Crippen LogP contribution in [0.25, 0.3) is 0 Å². The van der Waals surface area contributed by atoms with Gasteiger partial charge in [0.05, 0.1) is 5.92 Å². The lowest BCUT2D eigenvalue weighted by Crippen LogP contribution is -2.43. The molecule has 1 saturated heterocycles. The molecule has 0 radical (unpaired) electrons. The molecule has 0 bridgehead atoms. The third kappa shape index (κ3) is 4.16. The molecule has 7 heteroatoms. The molecule has 1 aromatic heterocycles. The van der Waals surface area contributed by atoms with Crippen molar-refractivity contribution in [1.29, 1.82) is 0 Å². The summed E-state index contributed by atoms with van der Waals surface area (Å²) in [5.74, 6) is -0.00856. The van der Waals surface area contributed by atoms with E-state index in [1.54, 1.807) is 17.5 Å². The van der Waals surface area contributed by atoms with Gasteiger partial charge < -0.3 is 5.32 Å². The zero-order chi connectivity index (χ0) is 18.7. The standard InChI is InChI=1S/C19H24N2O3S2/c1-14(2)15-7-9-17(10-8-15)20-19(22)16-5-3-11-21(13-16)26(23,24)18-6-4-12-25-18/h4,6-10,12,14,16H,3,5,11,13H2,1-2H3,(H,20,22)/t16-/m1/s1. The van der Waals surface area contributed by atoms with Crippen molar-refractivity contribution in [2.45, 2.75) is 36.8 Å². The number of piperidine rings is 1. The van der Waals surface area contributed by atoms with E-state index >= 15 is 0 Å². The second-order valence-electron chi connectivity index (χ2n) is 6.90. The van der Waals surface area contributed by atoms with Crippen molar-refractivity contribution in [1.82, 2.24) is 4.31 Å². The van der Waals surface area contributed by atoms with Gasteiger partial charge in [-0.15, -0.1) is 11.3 Å². The Labute approximate surface area is 159 Å². The number of hydrogen-bond acceptors (Lipinski definition) is 4. The summed E-state index contributed by atoms with van der Waals surface area (Å²) in [5, 5.41) is 4.68. The minimum Gasteiger partial charge on any atom is -0.326 e. The minimum absolute atomic E-state index is 0.117. The molecule has 0 aliphatic carbocycles. The van der Waals surface area contributed by atoms with E-state index in [0.29, 0.717) is 29.5 Å². The van der Waals surface area contributed by atoms with Gasteiger partial charge in [-0.3, -0.25) is 4.79 Å². The molecule has 1 amide bonds. The molecular formula is C19H24N2O3S2. The fraction of sp³-hybridized carbons (Fsp3) is 0.421. The predicted molar refractivity (Wildman–Crippen MR) is 105 cm³/mol. The Morgan fingerprint density at radius 1 is 1.23 bits per heavy atom. The molecular weight excluding hydrogens is 368 g/mol. The van der Waals surface area contributed by atoms with Gasteiger partial charge in [-0.05, 0) is 47.9 Å². The highest BCUT2D eigenvalue weighted by molar-refractivity contribution is 7.91. The number of carbonyl (C=O) groups is 1. The average Bonchev–Trinajstić information content (AvgIpc) is 3.18. The highest BCUT2D eigenvalue weighted by Gasteiger charge is 2.33. The van der Waals surface area contributed by atoms with Crippen LogP contribution in [0.5, 0.6) is 0 Å². The Hall–Kier alpha value is -1.70. The van der Waals surface area contributed by atoms with Gasteiger partial charge in [0.15, 0.2) is 0 Å². The van der Waals surface area contributed by atoms with Gasteiger partial charge in [0.1, 0.15) is 4.21 Å². The smallest absolute Gasteiger partial charge is 0.252 e. The van der Waals surface area contributed by atoms with Crippen LogP contribution in [0.4, 0.5) is 5.69 Å². The Balaban J connectivity index is 1.66. The summed E-state index contributed by atoms with van der Waals surface area (Å²) < 4.78 is 27.1. The first-order chi connectivity index (χ1) is 12.4. The maximum atomic E-state index is 12.7. The van der Waals surface area contributed by atoms with Crippen LogP contribution < -0.4 is 5.32 Å². The molecule has 0 spiro atoms. The quantitative estimate of drug-likeness (QED) is 0.839. The molecule has 2 heterocycles. The Morgan fingerprint density at radius 3 is 2.58 bits per heavy atom. The zero-order valence-corrected chi connectivity index (χ0v) is 16.6. The molecule has 0 unspecified atom stereocenters. The van der Waals surface area contributed by atoms with Crippen molar-refractivity contribution in [3.8, 4) is 0 Å². The molecule has 2 aromatic rings. The largest absolute Gasteiger partial charge is 0.326 e. The first-order valence-corrected chi connectivity index (χ1v) is 11.1. The number of carbonyl (C=O) groups excluding carboxylic acids is 1. The van der Waals surface area contributed by atoms with Gasteiger partial charge in [0, 0.05) is 18.8 Å². The highest BCUT2D eigenvalue weighted by Crippen LogP contribution is 2.27. The lowest BCUT2D eigenvalue weighted by atomic mass is 9.98. The van der Waals surface area contributed by atoms with E-state index in [1.807, 2.05) is 24.3 Å². The molecule has 0 saturated carbocycles. The first kappa shape index (κ1) is 19.1. The molecule has 1 N–H and O–H groups in total. The molecule has 1 aliphatic rings. The van der Waals surface area contributed by atoms with Crippen LogP contribution in [0.2, 0.25) is 0 Å². The number of rotatable bonds is 5. The van der Waals surface area contributed by atoms with Crippen molar-refractivity contribution in [2.75, 3.05) is 18.4 Å². The molecule has 26 heavy (non-hydrogen) atoms. The van der Waals surface area contributed by atoms with Gasteiger partial charge in [-0.1, -0.05) is 32.0 Å². The van der Waals surface area contributed by atoms with E-state index in [9.17, 15) is 13.2 Å². The number of nitrogens with zero attached hydrogens (tertiary/aromatic N) is 1. The second-order valence-corrected chi connectivity index (χ2v) is 10.0. The molecule has 140 valence electrons. The zero-order valence-electron chi connectivity index (χ0n) is 15.0. The average molecular weight is 393 g/mol. The summed E-state index contributed by atoms with van der Waals surface area (Å²) in [6.45, 7) is 4.94.